The van der Waals surface area contributed by atoms with Crippen LogP contribution in [0.5, 0.6) is 0 Å². The highest BCUT2D eigenvalue weighted by Gasteiger charge is 2.29. The lowest BCUT2D eigenvalue weighted by atomic mass is 10.1. The van der Waals surface area contributed by atoms with Crippen LogP contribution in [-0.4, -0.2) is 22.7 Å². The Balaban J connectivity index is 2.02. The molecule has 0 bridgehead atoms. The molecule has 1 fully saturated rings. The predicted octanol–water partition coefficient (Wildman–Crippen LogP) is 2.09. The molecule has 1 saturated carbocycles. The fourth-order valence-electron chi connectivity index (χ4n) is 1.78. The van der Waals surface area contributed by atoms with Gasteiger partial charge in [-0.25, -0.2) is 0 Å². The Morgan fingerprint density at radius 1 is 1.59 bits per heavy atom. The minimum absolute atomic E-state index is 0.0685. The van der Waals surface area contributed by atoms with Crippen LogP contribution < -0.4 is 5.32 Å². The first-order valence-corrected chi connectivity index (χ1v) is 5.75. The van der Waals surface area contributed by atoms with Crippen LogP contribution in [0.15, 0.2) is 18.2 Å². The summed E-state index contributed by atoms with van der Waals surface area (Å²) in [5.41, 5.74) is 1.73. The molecule has 92 valence electrons. The van der Waals surface area contributed by atoms with Crippen LogP contribution >= 0.6 is 0 Å². The minimum Gasteiger partial charge on any atom is -0.391 e. The summed E-state index contributed by atoms with van der Waals surface area (Å²) in [7, 11) is 0. The highest BCUT2D eigenvalue weighted by Crippen LogP contribution is 2.32. The van der Waals surface area contributed by atoms with Crippen LogP contribution in [0.2, 0.25) is 0 Å². The number of aliphatic hydroxyl groups is 1. The number of nitro groups is 1. The van der Waals surface area contributed by atoms with Gasteiger partial charge in [0.15, 0.2) is 0 Å². The number of non-ortho nitro benzene ring substituents is 1. The van der Waals surface area contributed by atoms with Gasteiger partial charge >= 0.3 is 0 Å². The van der Waals surface area contributed by atoms with Crippen molar-refractivity contribution in [3.63, 3.8) is 0 Å². The Kier molecular flexibility index (Phi) is 3.28. The third kappa shape index (κ3) is 2.94. The van der Waals surface area contributed by atoms with Crippen LogP contribution in [0.25, 0.3) is 0 Å². The van der Waals surface area contributed by atoms with E-state index in [4.69, 9.17) is 0 Å². The molecule has 1 aromatic carbocycles. The zero-order valence-corrected chi connectivity index (χ0v) is 9.72. The fraction of sp³-hybridized carbons (Fsp3) is 0.500. The number of nitrogens with zero attached hydrogens (tertiary/aromatic N) is 1. The fourth-order valence-corrected chi connectivity index (χ4v) is 1.78. The van der Waals surface area contributed by atoms with E-state index in [1.165, 1.54) is 12.1 Å². The number of aliphatic hydroxyl groups excluding tert-OH is 1. The Hall–Kier alpha value is -1.62. The normalized spacial score (nSPS) is 16.6. The minimum atomic E-state index is -0.415. The zero-order chi connectivity index (χ0) is 12.4. The van der Waals surface area contributed by atoms with Crippen molar-refractivity contribution in [1.29, 1.82) is 0 Å². The van der Waals surface area contributed by atoms with Crippen LogP contribution in [0.4, 0.5) is 11.4 Å². The van der Waals surface area contributed by atoms with Crippen molar-refractivity contribution < 1.29 is 10.0 Å². The summed E-state index contributed by atoms with van der Waals surface area (Å²) >= 11 is 0. The van der Waals surface area contributed by atoms with Crippen molar-refractivity contribution in [2.45, 2.75) is 25.9 Å². The second kappa shape index (κ2) is 4.71. The molecule has 1 aliphatic carbocycles. The highest BCUT2D eigenvalue weighted by atomic mass is 16.6. The monoisotopic (exact) mass is 236 g/mol. The van der Waals surface area contributed by atoms with E-state index in [2.05, 4.69) is 5.32 Å². The van der Waals surface area contributed by atoms with Crippen molar-refractivity contribution in [2.75, 3.05) is 11.9 Å². The molecule has 0 saturated heterocycles. The van der Waals surface area contributed by atoms with Crippen molar-refractivity contribution in [2.24, 2.45) is 5.92 Å². The molecule has 0 aliphatic heterocycles. The molecule has 1 unspecified atom stereocenters. The Morgan fingerprint density at radius 2 is 2.29 bits per heavy atom. The molecular formula is C12H16N2O3. The van der Waals surface area contributed by atoms with E-state index >= 15 is 0 Å². The lowest BCUT2D eigenvalue weighted by Gasteiger charge is -2.13. The molecule has 1 atom stereocenters. The average molecular weight is 236 g/mol. The van der Waals surface area contributed by atoms with Gasteiger partial charge in [-0.05, 0) is 31.2 Å². The molecule has 0 aromatic heterocycles. The molecule has 0 amide bonds. The number of anilines is 1. The first-order valence-electron chi connectivity index (χ1n) is 5.75. The van der Waals surface area contributed by atoms with Gasteiger partial charge in [0, 0.05) is 24.4 Å². The summed E-state index contributed by atoms with van der Waals surface area (Å²) in [5.74, 6) is 0.404. The standard InChI is InChI=1S/C12H16N2O3/c1-8-2-5-10(14(16)17)6-11(8)13-7-12(15)9-3-4-9/h2,5-6,9,12-13,15H,3-4,7H2,1H3. The van der Waals surface area contributed by atoms with Crippen LogP contribution in [0.1, 0.15) is 18.4 Å². The molecule has 0 radical (unpaired) electrons. The van der Waals surface area contributed by atoms with Gasteiger partial charge in [0.2, 0.25) is 0 Å². The molecule has 0 heterocycles. The number of aryl methyl sites for hydroxylation is 1. The van der Waals surface area contributed by atoms with Crippen molar-refractivity contribution in [3.05, 3.63) is 33.9 Å². The Morgan fingerprint density at radius 3 is 2.88 bits per heavy atom. The van der Waals surface area contributed by atoms with Gasteiger partial charge in [0.1, 0.15) is 0 Å². The van der Waals surface area contributed by atoms with Crippen molar-refractivity contribution in [3.8, 4) is 0 Å². The van der Waals surface area contributed by atoms with Gasteiger partial charge in [0.05, 0.1) is 11.0 Å². The van der Waals surface area contributed by atoms with Crippen molar-refractivity contribution in [1.82, 2.24) is 0 Å². The molecule has 2 rings (SSSR count). The van der Waals surface area contributed by atoms with Gasteiger partial charge in [-0.1, -0.05) is 6.07 Å². The number of nitro benzene ring substituents is 1. The summed E-state index contributed by atoms with van der Waals surface area (Å²) in [4.78, 5) is 10.2. The maximum Gasteiger partial charge on any atom is 0.271 e. The van der Waals surface area contributed by atoms with E-state index in [1.807, 2.05) is 6.92 Å². The zero-order valence-electron chi connectivity index (χ0n) is 9.72. The number of rotatable bonds is 5. The van der Waals surface area contributed by atoms with E-state index in [0.717, 1.165) is 24.1 Å². The average Bonchev–Trinajstić information content (AvgIpc) is 3.11. The molecule has 0 spiro atoms. The van der Waals surface area contributed by atoms with Crippen molar-refractivity contribution >= 4 is 11.4 Å². The summed E-state index contributed by atoms with van der Waals surface area (Å²) in [6.07, 6.45) is 1.81. The molecule has 2 N–H and O–H groups in total. The second-order valence-electron chi connectivity index (χ2n) is 4.54. The lowest BCUT2D eigenvalue weighted by Crippen LogP contribution is -2.21. The molecule has 1 aliphatic rings. The SMILES string of the molecule is Cc1ccc([N+](=O)[O-])cc1NCC(O)C1CC1. The maximum atomic E-state index is 10.6. The van der Waals surface area contributed by atoms with Gasteiger partial charge < -0.3 is 10.4 Å². The van der Waals surface area contributed by atoms with Gasteiger partial charge in [-0.15, -0.1) is 0 Å². The molecule has 17 heavy (non-hydrogen) atoms. The van der Waals surface area contributed by atoms with Crippen LogP contribution in [0.3, 0.4) is 0 Å². The number of benzene rings is 1. The predicted molar refractivity (Wildman–Crippen MR) is 65.1 cm³/mol. The summed E-state index contributed by atoms with van der Waals surface area (Å²) in [5, 5.41) is 23.4. The van der Waals surface area contributed by atoms with E-state index in [9.17, 15) is 15.2 Å². The second-order valence-corrected chi connectivity index (χ2v) is 4.54. The van der Waals surface area contributed by atoms with Crippen LogP contribution in [-0.2, 0) is 0 Å². The summed E-state index contributed by atoms with van der Waals surface area (Å²) in [6, 6.07) is 4.71. The molecule has 5 heteroatoms. The van der Waals surface area contributed by atoms with Gasteiger partial charge in [0.25, 0.3) is 5.69 Å². The number of hydrogen-bond acceptors (Lipinski definition) is 4. The van der Waals surface area contributed by atoms with E-state index in [1.54, 1.807) is 6.07 Å². The topological polar surface area (TPSA) is 75.4 Å². The van der Waals surface area contributed by atoms with E-state index in [-0.39, 0.29) is 11.8 Å². The first kappa shape index (κ1) is 11.9. The largest absolute Gasteiger partial charge is 0.391 e. The molecule has 1 aromatic rings. The third-order valence-corrected chi connectivity index (χ3v) is 3.10. The third-order valence-electron chi connectivity index (χ3n) is 3.10. The van der Waals surface area contributed by atoms with Gasteiger partial charge in [-0.3, -0.25) is 10.1 Å². The van der Waals surface area contributed by atoms with E-state index < -0.39 is 4.92 Å². The smallest absolute Gasteiger partial charge is 0.271 e. The number of hydrogen-bond donors (Lipinski definition) is 2. The Bertz CT molecular complexity index is 430. The summed E-state index contributed by atoms with van der Waals surface area (Å²) in [6.45, 7) is 2.34. The van der Waals surface area contributed by atoms with E-state index in [0.29, 0.717) is 12.5 Å². The first-order chi connectivity index (χ1) is 8.08. The molecule has 5 nitrogen and oxygen atoms in total. The lowest BCUT2D eigenvalue weighted by molar-refractivity contribution is -0.384. The molecular weight excluding hydrogens is 220 g/mol. The van der Waals surface area contributed by atoms with Gasteiger partial charge in [-0.2, -0.15) is 0 Å². The van der Waals surface area contributed by atoms with Crippen LogP contribution in [0, 0.1) is 23.0 Å². The quantitative estimate of drug-likeness (QED) is 0.606. The maximum absolute atomic E-state index is 10.6. The number of nitrogens with one attached hydrogen (secondary N) is 1. The summed E-state index contributed by atoms with van der Waals surface area (Å²) < 4.78 is 0. The Labute approximate surface area is 99.6 Å². The highest BCUT2D eigenvalue weighted by molar-refractivity contribution is 5.56.